The molecule has 1 aromatic rings. The van der Waals surface area contributed by atoms with Crippen molar-refractivity contribution >= 4 is 11.7 Å². The second-order valence-corrected chi connectivity index (χ2v) is 7.88. The molecule has 3 heterocycles. The monoisotopic (exact) mass is 361 g/mol. The summed E-state index contributed by atoms with van der Waals surface area (Å²) in [4.78, 5) is 17.0. The second-order valence-electron chi connectivity index (χ2n) is 7.88. The summed E-state index contributed by atoms with van der Waals surface area (Å²) in [7, 11) is 0. The maximum atomic E-state index is 12.5. The topological polar surface area (TPSA) is 65.0 Å². The van der Waals surface area contributed by atoms with Gasteiger partial charge in [0.2, 0.25) is 0 Å². The lowest BCUT2D eigenvalue weighted by molar-refractivity contribution is 0.145. The first kappa shape index (κ1) is 18.8. The van der Waals surface area contributed by atoms with Gasteiger partial charge in [-0.15, -0.1) is 0 Å². The van der Waals surface area contributed by atoms with Gasteiger partial charge < -0.3 is 25.0 Å². The molecule has 0 radical (unpaired) electrons. The van der Waals surface area contributed by atoms with Crippen molar-refractivity contribution in [2.24, 2.45) is 5.41 Å². The number of urea groups is 1. The van der Waals surface area contributed by atoms with Crippen molar-refractivity contribution in [3.63, 3.8) is 0 Å². The van der Waals surface area contributed by atoms with E-state index in [9.17, 15) is 4.79 Å². The number of hydrogen-bond donors (Lipinski definition) is 2. The van der Waals surface area contributed by atoms with Crippen LogP contribution >= 0.6 is 0 Å². The first-order valence-corrected chi connectivity index (χ1v) is 9.61. The zero-order valence-corrected chi connectivity index (χ0v) is 16.1. The van der Waals surface area contributed by atoms with Crippen LogP contribution in [0.2, 0.25) is 0 Å². The van der Waals surface area contributed by atoms with E-state index in [1.54, 1.807) is 0 Å². The molecule has 0 spiro atoms. The predicted molar refractivity (Wildman–Crippen MR) is 103 cm³/mol. The van der Waals surface area contributed by atoms with Crippen molar-refractivity contribution in [3.8, 4) is 5.75 Å². The van der Waals surface area contributed by atoms with E-state index in [1.807, 2.05) is 24.0 Å². The van der Waals surface area contributed by atoms with E-state index in [-0.39, 0.29) is 24.1 Å². The Kier molecular flexibility index (Phi) is 5.61. The van der Waals surface area contributed by atoms with Gasteiger partial charge >= 0.3 is 6.03 Å². The van der Waals surface area contributed by atoms with Crippen molar-refractivity contribution in [3.05, 3.63) is 24.3 Å². The van der Waals surface area contributed by atoms with Gasteiger partial charge in [-0.2, -0.15) is 0 Å². The number of amides is 2. The summed E-state index contributed by atoms with van der Waals surface area (Å²) in [5, 5.41) is 11.8. The minimum absolute atomic E-state index is 0.0311. The number of fused-ring (bicyclic) bond motifs is 4. The molecule has 2 bridgehead atoms. The van der Waals surface area contributed by atoms with E-state index in [0.29, 0.717) is 19.2 Å². The highest BCUT2D eigenvalue weighted by molar-refractivity contribution is 5.75. The molecular weight excluding hydrogens is 330 g/mol. The summed E-state index contributed by atoms with van der Waals surface area (Å²) >= 11 is 0. The highest BCUT2D eigenvalue weighted by atomic mass is 16.5. The van der Waals surface area contributed by atoms with Crippen LogP contribution in [0.1, 0.15) is 33.6 Å². The first-order chi connectivity index (χ1) is 12.5. The number of piperidine rings is 1. The van der Waals surface area contributed by atoms with Crippen LogP contribution < -0.4 is 15.0 Å². The maximum Gasteiger partial charge on any atom is 0.317 e. The van der Waals surface area contributed by atoms with Gasteiger partial charge in [-0.25, -0.2) is 4.79 Å². The molecule has 2 N–H and O–H groups in total. The summed E-state index contributed by atoms with van der Waals surface area (Å²) in [6.07, 6.45) is 1.95. The number of nitrogens with one attached hydrogen (secondary N) is 1. The third-order valence-electron chi connectivity index (χ3n) is 5.66. The van der Waals surface area contributed by atoms with Crippen LogP contribution in [0.3, 0.4) is 0 Å². The number of benzene rings is 1. The van der Waals surface area contributed by atoms with Gasteiger partial charge in [-0.1, -0.05) is 13.8 Å². The van der Waals surface area contributed by atoms with E-state index >= 15 is 0 Å². The van der Waals surface area contributed by atoms with E-state index in [2.05, 4.69) is 36.2 Å². The normalized spacial score (nSPS) is 24.3. The Hall–Kier alpha value is -1.95. The third-order valence-corrected chi connectivity index (χ3v) is 5.66. The Morgan fingerprint density at radius 3 is 2.73 bits per heavy atom. The van der Waals surface area contributed by atoms with Crippen LogP contribution in [0.15, 0.2) is 24.3 Å². The molecule has 3 fully saturated rings. The molecule has 2 amide bonds. The van der Waals surface area contributed by atoms with E-state index < -0.39 is 0 Å². The van der Waals surface area contributed by atoms with E-state index in [4.69, 9.17) is 9.84 Å². The number of carbonyl (C=O) groups excluding carboxylic acids is 1. The molecule has 144 valence electrons. The molecule has 26 heavy (non-hydrogen) atoms. The quantitative estimate of drug-likeness (QED) is 0.846. The zero-order valence-electron chi connectivity index (χ0n) is 16.1. The summed E-state index contributed by atoms with van der Waals surface area (Å²) in [5.74, 6) is 0.889. The Bertz CT molecular complexity index is 617. The third kappa shape index (κ3) is 3.75. The van der Waals surface area contributed by atoms with Gasteiger partial charge in [0.1, 0.15) is 5.75 Å². The molecule has 0 aromatic heterocycles. The second kappa shape index (κ2) is 7.74. The van der Waals surface area contributed by atoms with Gasteiger partial charge in [-0.3, -0.25) is 0 Å². The smallest absolute Gasteiger partial charge is 0.317 e. The number of ether oxygens (including phenoxy) is 1. The minimum Gasteiger partial charge on any atom is -0.494 e. The lowest BCUT2D eigenvalue weighted by atomic mass is 9.74. The van der Waals surface area contributed by atoms with Gasteiger partial charge in [0, 0.05) is 31.4 Å². The average Bonchev–Trinajstić information content (AvgIpc) is 2.87. The lowest BCUT2D eigenvalue weighted by Gasteiger charge is -2.49. The number of nitrogens with zero attached hydrogens (tertiary/aromatic N) is 2. The van der Waals surface area contributed by atoms with Crippen LogP contribution in [0.5, 0.6) is 5.75 Å². The Morgan fingerprint density at radius 2 is 2.08 bits per heavy atom. The number of carbonyl (C=O) groups is 1. The first-order valence-electron chi connectivity index (χ1n) is 9.61. The fourth-order valence-corrected chi connectivity index (χ4v) is 4.50. The lowest BCUT2D eigenvalue weighted by Crippen LogP contribution is -2.57. The summed E-state index contributed by atoms with van der Waals surface area (Å²) in [5.41, 5.74) is 1.32. The molecule has 3 saturated heterocycles. The Morgan fingerprint density at radius 1 is 1.35 bits per heavy atom. The maximum absolute atomic E-state index is 12.5. The van der Waals surface area contributed by atoms with Gasteiger partial charge in [0.05, 0.1) is 19.3 Å². The SMILES string of the molecule is CCOc1ccc(N2C[C@H]3CC(C)(C)[C@@H]2CCN3C(=O)NCCO)cc1. The Labute approximate surface area is 156 Å². The van der Waals surface area contributed by atoms with Crippen molar-refractivity contribution in [2.45, 2.75) is 45.7 Å². The zero-order chi connectivity index (χ0) is 18.7. The summed E-state index contributed by atoms with van der Waals surface area (Å²) < 4.78 is 5.56. The number of rotatable bonds is 5. The highest BCUT2D eigenvalue weighted by Crippen LogP contribution is 2.43. The van der Waals surface area contributed by atoms with Crippen LogP contribution in [0.4, 0.5) is 10.5 Å². The molecule has 1 aromatic carbocycles. The molecule has 6 nitrogen and oxygen atoms in total. The molecular formula is C20H31N3O3. The molecule has 6 heteroatoms. The largest absolute Gasteiger partial charge is 0.494 e. The Balaban J connectivity index is 1.82. The van der Waals surface area contributed by atoms with Gasteiger partial charge in [0.25, 0.3) is 0 Å². The molecule has 3 aliphatic heterocycles. The predicted octanol–water partition coefficient (Wildman–Crippen LogP) is 2.47. The van der Waals surface area contributed by atoms with Crippen molar-refractivity contribution in [2.75, 3.05) is 37.7 Å². The average molecular weight is 361 g/mol. The fourth-order valence-electron chi connectivity index (χ4n) is 4.50. The van der Waals surface area contributed by atoms with Crippen LogP contribution in [0, 0.1) is 5.41 Å². The molecule has 0 unspecified atom stereocenters. The van der Waals surface area contributed by atoms with Gasteiger partial charge in [-0.05, 0) is 49.4 Å². The number of aliphatic hydroxyl groups excluding tert-OH is 1. The molecule has 0 aliphatic carbocycles. The number of hydrogen-bond acceptors (Lipinski definition) is 4. The molecule has 3 aliphatic rings. The van der Waals surface area contributed by atoms with Crippen molar-refractivity contribution in [1.29, 1.82) is 0 Å². The summed E-state index contributed by atoms with van der Waals surface area (Å²) in [6, 6.07) is 8.80. The van der Waals surface area contributed by atoms with Crippen molar-refractivity contribution < 1.29 is 14.6 Å². The standard InChI is InChI=1S/C20H31N3O3/c1-4-26-17-7-5-15(6-8-17)23-14-16-13-20(2,3)18(23)9-11-22(16)19(25)21-10-12-24/h5-8,16,18,24H,4,9-14H2,1-3H3,(H,21,25)/t16-,18+/m1/s1. The molecule has 2 atom stereocenters. The highest BCUT2D eigenvalue weighted by Gasteiger charge is 2.47. The van der Waals surface area contributed by atoms with Crippen molar-refractivity contribution in [1.82, 2.24) is 10.2 Å². The van der Waals surface area contributed by atoms with E-state index in [0.717, 1.165) is 31.7 Å². The van der Waals surface area contributed by atoms with Crippen LogP contribution in [0.25, 0.3) is 0 Å². The van der Waals surface area contributed by atoms with E-state index in [1.165, 1.54) is 5.69 Å². The molecule has 4 rings (SSSR count). The summed E-state index contributed by atoms with van der Waals surface area (Å²) in [6.45, 7) is 9.13. The van der Waals surface area contributed by atoms with Gasteiger partial charge in [0.15, 0.2) is 0 Å². The number of anilines is 1. The number of aliphatic hydroxyl groups is 1. The van der Waals surface area contributed by atoms with Crippen LogP contribution in [-0.4, -0.2) is 61.0 Å². The van der Waals surface area contributed by atoms with Crippen LogP contribution in [-0.2, 0) is 0 Å². The minimum atomic E-state index is -0.0611. The fraction of sp³-hybridized carbons (Fsp3) is 0.650. The molecule has 0 saturated carbocycles.